The van der Waals surface area contributed by atoms with E-state index in [-0.39, 0.29) is 52.7 Å². The van der Waals surface area contributed by atoms with Crippen LogP contribution in [0.1, 0.15) is 66.7 Å². The smallest absolute Gasteiger partial charge is 0.249 e. The van der Waals surface area contributed by atoms with Gasteiger partial charge in [0.2, 0.25) is 11.8 Å². The summed E-state index contributed by atoms with van der Waals surface area (Å²) in [7, 11) is 0. The zero-order valence-corrected chi connectivity index (χ0v) is 18.2. The van der Waals surface area contributed by atoms with Crippen LogP contribution in [0.15, 0.2) is 0 Å². The third-order valence-electron chi connectivity index (χ3n) is 6.77. The Morgan fingerprint density at radius 3 is 2.04 bits per heavy atom. The molecule has 3 rings (SSSR count). The fourth-order valence-corrected chi connectivity index (χ4v) is 5.62. The van der Waals surface area contributed by atoms with Crippen molar-refractivity contribution in [2.75, 3.05) is 19.8 Å². The number of carbonyl (C=O) groups is 2. The Morgan fingerprint density at radius 2 is 1.50 bits per heavy atom. The molecule has 0 aromatic heterocycles. The second-order valence-electron chi connectivity index (χ2n) is 10.6. The molecule has 1 saturated carbocycles. The molecule has 6 unspecified atom stereocenters. The molecule has 0 bridgehead atoms. The molecule has 3 fully saturated rings. The van der Waals surface area contributed by atoms with Gasteiger partial charge < -0.3 is 20.1 Å². The van der Waals surface area contributed by atoms with Crippen molar-refractivity contribution >= 4 is 11.8 Å². The summed E-state index contributed by atoms with van der Waals surface area (Å²) in [6.45, 7) is 12.8. The second kappa shape index (κ2) is 8.31. The van der Waals surface area contributed by atoms with E-state index in [1.165, 1.54) is 0 Å². The lowest BCUT2D eigenvalue weighted by Gasteiger charge is -2.47. The average Bonchev–Trinajstić information content (AvgIpc) is 3.19. The number of ether oxygens (including phenoxy) is 2. The molecule has 0 aromatic carbocycles. The Balaban J connectivity index is 1.58. The van der Waals surface area contributed by atoms with Gasteiger partial charge in [-0.05, 0) is 54.8 Å². The molecule has 0 aromatic rings. The summed E-state index contributed by atoms with van der Waals surface area (Å²) in [4.78, 5) is 25.2. The van der Waals surface area contributed by atoms with Gasteiger partial charge in [-0.25, -0.2) is 0 Å². The van der Waals surface area contributed by atoms with Crippen molar-refractivity contribution in [2.24, 2.45) is 22.7 Å². The molecule has 0 radical (unpaired) electrons. The molecule has 2 amide bonds. The highest BCUT2D eigenvalue weighted by molar-refractivity contribution is 5.82. The molecule has 6 heteroatoms. The molecule has 0 spiro atoms. The Hall–Kier alpha value is -1.14. The van der Waals surface area contributed by atoms with Crippen molar-refractivity contribution in [2.45, 2.75) is 85.0 Å². The Labute approximate surface area is 169 Å². The zero-order chi connectivity index (χ0) is 20.5. The summed E-state index contributed by atoms with van der Waals surface area (Å²) >= 11 is 0. The van der Waals surface area contributed by atoms with Gasteiger partial charge in [-0.15, -0.1) is 0 Å². The van der Waals surface area contributed by atoms with Gasteiger partial charge in [-0.2, -0.15) is 0 Å². The lowest BCUT2D eigenvalue weighted by molar-refractivity contribution is -0.134. The topological polar surface area (TPSA) is 76.7 Å². The minimum atomic E-state index is -0.322. The lowest BCUT2D eigenvalue weighted by atomic mass is 9.62. The predicted molar refractivity (Wildman–Crippen MR) is 108 cm³/mol. The number of amides is 2. The van der Waals surface area contributed by atoms with Gasteiger partial charge >= 0.3 is 0 Å². The Bertz CT molecular complexity index is 593. The number of carbonyl (C=O) groups excluding carboxylic acids is 2. The van der Waals surface area contributed by atoms with E-state index in [9.17, 15) is 9.59 Å². The van der Waals surface area contributed by atoms with Gasteiger partial charge in [0.15, 0.2) is 0 Å². The van der Waals surface area contributed by atoms with Crippen molar-refractivity contribution in [3.8, 4) is 0 Å². The molecule has 2 heterocycles. The third kappa shape index (κ3) is 5.07. The third-order valence-corrected chi connectivity index (χ3v) is 6.77. The van der Waals surface area contributed by atoms with Gasteiger partial charge in [0, 0.05) is 25.8 Å². The van der Waals surface area contributed by atoms with Gasteiger partial charge in [0.1, 0.15) is 12.2 Å². The minimum Gasteiger partial charge on any atom is -0.368 e. The van der Waals surface area contributed by atoms with Crippen LogP contribution < -0.4 is 10.6 Å². The van der Waals surface area contributed by atoms with Crippen molar-refractivity contribution in [1.82, 2.24) is 10.6 Å². The highest BCUT2D eigenvalue weighted by Gasteiger charge is 2.43. The van der Waals surface area contributed by atoms with E-state index in [0.29, 0.717) is 19.8 Å². The molecule has 2 N–H and O–H groups in total. The average molecular weight is 395 g/mol. The van der Waals surface area contributed by atoms with Gasteiger partial charge in [0.05, 0.1) is 0 Å². The molecule has 2 aliphatic heterocycles. The highest BCUT2D eigenvalue weighted by atomic mass is 16.5. The van der Waals surface area contributed by atoms with E-state index in [2.05, 4.69) is 45.3 Å². The maximum Gasteiger partial charge on any atom is 0.249 e. The molecule has 1 aliphatic carbocycles. The highest BCUT2D eigenvalue weighted by Crippen LogP contribution is 2.46. The largest absolute Gasteiger partial charge is 0.368 e. The molecule has 3 aliphatic rings. The first-order chi connectivity index (χ1) is 13.1. The van der Waals surface area contributed by atoms with E-state index >= 15 is 0 Å². The van der Waals surface area contributed by atoms with E-state index in [4.69, 9.17) is 9.47 Å². The van der Waals surface area contributed by atoms with Crippen LogP contribution in [0.2, 0.25) is 0 Å². The van der Waals surface area contributed by atoms with Crippen molar-refractivity contribution in [3.63, 3.8) is 0 Å². The number of hydrogen-bond acceptors (Lipinski definition) is 4. The predicted octanol–water partition coefficient (Wildman–Crippen LogP) is 2.65. The number of nitrogens with one attached hydrogen (secondary N) is 2. The van der Waals surface area contributed by atoms with E-state index in [0.717, 1.165) is 32.1 Å². The van der Waals surface area contributed by atoms with Crippen molar-refractivity contribution < 1.29 is 19.1 Å². The van der Waals surface area contributed by atoms with Crippen LogP contribution in [0.25, 0.3) is 0 Å². The molecule has 6 atom stereocenters. The molecular weight excluding hydrogens is 356 g/mol. The first-order valence-corrected chi connectivity index (χ1v) is 10.9. The van der Waals surface area contributed by atoms with Crippen molar-refractivity contribution in [1.29, 1.82) is 0 Å². The van der Waals surface area contributed by atoms with Gasteiger partial charge in [0.25, 0.3) is 0 Å². The summed E-state index contributed by atoms with van der Waals surface area (Å²) in [6, 6.07) is 0.108. The Kier molecular flexibility index (Phi) is 6.40. The van der Waals surface area contributed by atoms with Crippen LogP contribution >= 0.6 is 0 Å². The summed E-state index contributed by atoms with van der Waals surface area (Å²) in [5.74, 6) is 0.572. The summed E-state index contributed by atoms with van der Waals surface area (Å²) < 4.78 is 11.2. The van der Waals surface area contributed by atoms with Gasteiger partial charge in [-0.1, -0.05) is 34.6 Å². The SMILES string of the molecule is CC1CCOC1C(=O)NCC1(C)CC(NC(=O)C2OCCC2C)CC(C)(C)C1. The van der Waals surface area contributed by atoms with Crippen LogP contribution in [0, 0.1) is 22.7 Å². The summed E-state index contributed by atoms with van der Waals surface area (Å²) in [5, 5.41) is 6.39. The van der Waals surface area contributed by atoms with Crippen molar-refractivity contribution in [3.05, 3.63) is 0 Å². The first kappa shape index (κ1) is 21.6. The minimum absolute atomic E-state index is 0.00312. The number of hydrogen-bond donors (Lipinski definition) is 2. The molecule has 160 valence electrons. The normalized spacial score (nSPS) is 40.2. The summed E-state index contributed by atoms with van der Waals surface area (Å²) in [5.41, 5.74) is 0.0499. The standard InChI is InChI=1S/C22H38N2O4/c1-14-6-8-27-17(14)19(25)23-13-22(5)11-16(10-21(3,4)12-22)24-20(26)18-15(2)7-9-28-18/h14-18H,6-13H2,1-5H3,(H,23,25)(H,24,26). The maximum atomic E-state index is 12.7. The molecule has 6 nitrogen and oxygen atoms in total. The molecule has 28 heavy (non-hydrogen) atoms. The van der Waals surface area contributed by atoms with Gasteiger partial charge in [-0.3, -0.25) is 9.59 Å². The lowest BCUT2D eigenvalue weighted by Crippen LogP contribution is -2.53. The van der Waals surface area contributed by atoms with E-state index in [1.807, 2.05) is 0 Å². The second-order valence-corrected chi connectivity index (χ2v) is 10.6. The summed E-state index contributed by atoms with van der Waals surface area (Å²) in [6.07, 6.45) is 4.08. The maximum absolute atomic E-state index is 12.7. The van der Waals surface area contributed by atoms with Crippen LogP contribution in [0.4, 0.5) is 0 Å². The van der Waals surface area contributed by atoms with E-state index in [1.54, 1.807) is 0 Å². The zero-order valence-electron chi connectivity index (χ0n) is 18.2. The van der Waals surface area contributed by atoms with Crippen LogP contribution in [-0.2, 0) is 19.1 Å². The number of rotatable bonds is 5. The molecular formula is C22H38N2O4. The van der Waals surface area contributed by atoms with Crippen LogP contribution in [0.5, 0.6) is 0 Å². The fraction of sp³-hybridized carbons (Fsp3) is 0.909. The van der Waals surface area contributed by atoms with Crippen LogP contribution in [0.3, 0.4) is 0 Å². The van der Waals surface area contributed by atoms with Crippen LogP contribution in [-0.4, -0.2) is 49.8 Å². The molecule has 2 saturated heterocycles. The fourth-order valence-electron chi connectivity index (χ4n) is 5.62. The Morgan fingerprint density at radius 1 is 0.929 bits per heavy atom. The first-order valence-electron chi connectivity index (χ1n) is 10.9. The van der Waals surface area contributed by atoms with E-state index < -0.39 is 0 Å². The quantitative estimate of drug-likeness (QED) is 0.752. The monoisotopic (exact) mass is 394 g/mol.